The van der Waals surface area contributed by atoms with Gasteiger partial charge in [-0.05, 0) is 93.6 Å². The maximum absolute atomic E-state index is 6.40. The molecule has 0 saturated heterocycles. The lowest BCUT2D eigenvalue weighted by molar-refractivity contribution is 0.425. The van der Waals surface area contributed by atoms with Crippen LogP contribution in [-0.4, -0.2) is 49.1 Å². The van der Waals surface area contributed by atoms with Gasteiger partial charge in [-0.3, -0.25) is 0 Å². The maximum atomic E-state index is 6.40. The highest BCUT2D eigenvalue weighted by atomic mass is 15.1. The third kappa shape index (κ3) is 8.21. The zero-order valence-corrected chi connectivity index (χ0v) is 25.8. The molecule has 216 valence electrons. The molecule has 7 nitrogen and oxygen atoms in total. The van der Waals surface area contributed by atoms with Crippen molar-refractivity contribution in [2.24, 2.45) is 5.92 Å². The Morgan fingerprint density at radius 2 is 1.85 bits per heavy atom. The van der Waals surface area contributed by atoms with Gasteiger partial charge in [0.25, 0.3) is 0 Å². The van der Waals surface area contributed by atoms with Crippen molar-refractivity contribution in [3.63, 3.8) is 0 Å². The molecule has 3 rings (SSSR count). The van der Waals surface area contributed by atoms with E-state index < -0.39 is 0 Å². The number of allylic oxidation sites excluding steroid dienone is 1. The topological polar surface area (TPSA) is 91.1 Å². The molecule has 0 saturated carbocycles. The largest absolute Gasteiger partial charge is 0.397 e. The summed E-state index contributed by atoms with van der Waals surface area (Å²) in [5, 5.41) is 10.2. The molecule has 0 spiro atoms. The molecule has 0 bridgehead atoms. The van der Waals surface area contributed by atoms with Crippen molar-refractivity contribution in [3.05, 3.63) is 76.1 Å². The first-order chi connectivity index (χ1) is 19.1. The molecule has 0 atom stereocenters. The predicted octanol–water partition coefficient (Wildman–Crippen LogP) is 6.73. The molecule has 0 amide bonds. The number of rotatable bonds is 14. The zero-order valence-electron chi connectivity index (χ0n) is 25.8. The smallest absolute Gasteiger partial charge is 0.223 e. The van der Waals surface area contributed by atoms with Crippen LogP contribution in [0.5, 0.6) is 0 Å². The molecule has 3 aromatic rings. The summed E-state index contributed by atoms with van der Waals surface area (Å²) < 4.78 is 0. The summed E-state index contributed by atoms with van der Waals surface area (Å²) in [6.45, 7) is 13.3. The van der Waals surface area contributed by atoms with Gasteiger partial charge in [-0.15, -0.1) is 0 Å². The van der Waals surface area contributed by atoms with Crippen molar-refractivity contribution in [1.82, 2.24) is 14.9 Å². The highest BCUT2D eigenvalue weighted by Crippen LogP contribution is 2.31. The highest BCUT2D eigenvalue weighted by molar-refractivity contribution is 5.81. The molecular formula is C33H49N7. The minimum absolute atomic E-state index is 0.552. The van der Waals surface area contributed by atoms with E-state index in [0.717, 1.165) is 64.9 Å². The lowest BCUT2D eigenvalue weighted by Crippen LogP contribution is -2.21. The molecule has 0 fully saturated rings. The second-order valence-electron chi connectivity index (χ2n) is 11.2. The van der Waals surface area contributed by atoms with Crippen molar-refractivity contribution in [2.45, 2.75) is 60.4 Å². The van der Waals surface area contributed by atoms with Crippen molar-refractivity contribution < 1.29 is 0 Å². The van der Waals surface area contributed by atoms with Crippen molar-refractivity contribution in [2.75, 3.05) is 55.9 Å². The lowest BCUT2D eigenvalue weighted by Gasteiger charge is -2.18. The van der Waals surface area contributed by atoms with E-state index in [1.807, 2.05) is 19.3 Å². The number of aryl methyl sites for hydroxylation is 2. The number of nitrogens with two attached hydrogens (primary N) is 1. The fraction of sp³-hybridized carbons (Fsp3) is 0.455. The van der Waals surface area contributed by atoms with Gasteiger partial charge in [0.1, 0.15) is 0 Å². The Bertz CT molecular complexity index is 1290. The number of nitrogens with one attached hydrogen (secondary N) is 3. The van der Waals surface area contributed by atoms with Crippen molar-refractivity contribution >= 4 is 28.6 Å². The first-order valence-corrected chi connectivity index (χ1v) is 14.5. The Labute approximate surface area is 241 Å². The minimum Gasteiger partial charge on any atom is -0.397 e. The van der Waals surface area contributed by atoms with Crippen LogP contribution in [-0.2, 0) is 13.0 Å². The Morgan fingerprint density at radius 3 is 2.52 bits per heavy atom. The molecule has 7 heteroatoms. The van der Waals surface area contributed by atoms with Crippen LogP contribution in [0.2, 0.25) is 0 Å². The standard InChI is InChI=1S/C33H49N7/c1-9-27(28-15-11-14-25(24(28)5)13-10-12-22(2)3)32-23(4)20-37-33(39-32)38-21-26-18-29(34)31(19-30(26)35-6)36-16-17-40(7)8/h9,11,14-15,18-20,22,35-36H,10,12-13,16-17,21,34H2,1-8H3,(H,37,38,39)/b27-9+. The fourth-order valence-electron chi connectivity index (χ4n) is 4.95. The van der Waals surface area contributed by atoms with E-state index in [0.29, 0.717) is 12.5 Å². The minimum atomic E-state index is 0.552. The molecule has 0 aliphatic carbocycles. The average Bonchev–Trinajstić information content (AvgIpc) is 2.91. The third-order valence-corrected chi connectivity index (χ3v) is 7.34. The number of anilines is 4. The van der Waals surface area contributed by atoms with Crippen LogP contribution in [0.25, 0.3) is 5.57 Å². The van der Waals surface area contributed by atoms with Crippen molar-refractivity contribution in [1.29, 1.82) is 0 Å². The summed E-state index contributed by atoms with van der Waals surface area (Å²) in [6, 6.07) is 10.7. The number of nitrogens with zero attached hydrogens (tertiary/aromatic N) is 3. The van der Waals surface area contributed by atoms with Gasteiger partial charge in [0, 0.05) is 44.1 Å². The molecular weight excluding hydrogens is 494 g/mol. The van der Waals surface area contributed by atoms with E-state index in [1.54, 1.807) is 0 Å². The highest BCUT2D eigenvalue weighted by Gasteiger charge is 2.15. The molecule has 40 heavy (non-hydrogen) atoms. The first kappa shape index (κ1) is 31.0. The van der Waals surface area contributed by atoms with Gasteiger partial charge in [-0.25, -0.2) is 9.97 Å². The molecule has 0 aliphatic rings. The van der Waals surface area contributed by atoms with E-state index in [1.165, 1.54) is 29.5 Å². The number of aromatic nitrogens is 2. The van der Waals surface area contributed by atoms with Crippen LogP contribution < -0.4 is 21.7 Å². The summed E-state index contributed by atoms with van der Waals surface area (Å²) in [5.41, 5.74) is 17.3. The predicted molar refractivity (Wildman–Crippen MR) is 173 cm³/mol. The second-order valence-corrected chi connectivity index (χ2v) is 11.2. The van der Waals surface area contributed by atoms with Gasteiger partial charge < -0.3 is 26.6 Å². The summed E-state index contributed by atoms with van der Waals surface area (Å²) in [6.07, 6.45) is 7.63. The Balaban J connectivity index is 1.81. The quantitative estimate of drug-likeness (QED) is 0.168. The first-order valence-electron chi connectivity index (χ1n) is 14.5. The fourth-order valence-corrected chi connectivity index (χ4v) is 4.95. The molecule has 1 aromatic heterocycles. The molecule has 0 radical (unpaired) electrons. The number of benzene rings is 2. The van der Waals surface area contributed by atoms with Crippen LogP contribution in [0.1, 0.15) is 67.1 Å². The summed E-state index contributed by atoms with van der Waals surface area (Å²) in [7, 11) is 6.05. The number of hydrogen-bond acceptors (Lipinski definition) is 7. The molecule has 0 unspecified atom stereocenters. The van der Waals surface area contributed by atoms with Gasteiger partial charge in [-0.1, -0.05) is 44.5 Å². The average molecular weight is 544 g/mol. The third-order valence-electron chi connectivity index (χ3n) is 7.34. The maximum Gasteiger partial charge on any atom is 0.223 e. The Kier molecular flexibility index (Phi) is 11.4. The summed E-state index contributed by atoms with van der Waals surface area (Å²) in [4.78, 5) is 11.7. The van der Waals surface area contributed by atoms with Gasteiger partial charge in [0.05, 0.1) is 17.1 Å². The van der Waals surface area contributed by atoms with Gasteiger partial charge in [0.2, 0.25) is 5.95 Å². The molecule has 5 N–H and O–H groups in total. The molecule has 2 aromatic carbocycles. The monoisotopic (exact) mass is 543 g/mol. The van der Waals surface area contributed by atoms with Gasteiger partial charge in [-0.2, -0.15) is 0 Å². The SMILES string of the molecule is C/C=C(\c1cccc(CCCC(C)C)c1C)c1nc(NCc2cc(N)c(NCCN(C)C)cc2NC)ncc1C. The van der Waals surface area contributed by atoms with Crippen LogP contribution in [0.15, 0.2) is 42.6 Å². The van der Waals surface area contributed by atoms with E-state index >= 15 is 0 Å². The summed E-state index contributed by atoms with van der Waals surface area (Å²) in [5.74, 6) is 1.33. The lowest BCUT2D eigenvalue weighted by atomic mass is 9.90. The molecule has 0 aliphatic heterocycles. The van der Waals surface area contributed by atoms with E-state index in [2.05, 4.69) is 105 Å². The number of nitrogen functional groups attached to an aromatic ring is 1. The number of likely N-dealkylation sites (N-methyl/N-ethyl adjacent to an activating group) is 1. The Morgan fingerprint density at radius 1 is 1.07 bits per heavy atom. The Hall–Kier alpha value is -3.58. The molecule has 1 heterocycles. The summed E-state index contributed by atoms with van der Waals surface area (Å²) >= 11 is 0. The van der Waals surface area contributed by atoms with E-state index in [9.17, 15) is 0 Å². The van der Waals surface area contributed by atoms with Crippen LogP contribution in [0.4, 0.5) is 23.0 Å². The van der Waals surface area contributed by atoms with Crippen LogP contribution >= 0.6 is 0 Å². The van der Waals surface area contributed by atoms with E-state index in [-0.39, 0.29) is 0 Å². The second kappa shape index (κ2) is 14.7. The van der Waals surface area contributed by atoms with E-state index in [4.69, 9.17) is 10.7 Å². The normalized spacial score (nSPS) is 11.8. The van der Waals surface area contributed by atoms with Gasteiger partial charge in [0.15, 0.2) is 0 Å². The van der Waals surface area contributed by atoms with Crippen molar-refractivity contribution in [3.8, 4) is 0 Å². The van der Waals surface area contributed by atoms with Gasteiger partial charge >= 0.3 is 0 Å². The number of hydrogen-bond donors (Lipinski definition) is 4. The zero-order chi connectivity index (χ0) is 29.2. The van der Waals surface area contributed by atoms with Crippen LogP contribution in [0.3, 0.4) is 0 Å². The van der Waals surface area contributed by atoms with Crippen LogP contribution in [0, 0.1) is 19.8 Å².